The molecule has 3 aromatic rings. The fourth-order valence-corrected chi connectivity index (χ4v) is 4.28. The van der Waals surface area contributed by atoms with Gasteiger partial charge in [-0.1, -0.05) is 16.8 Å². The van der Waals surface area contributed by atoms with E-state index in [-0.39, 0.29) is 17.2 Å². The molecule has 4 rings (SSSR count). The van der Waals surface area contributed by atoms with E-state index < -0.39 is 9.84 Å². The molecule has 0 radical (unpaired) electrons. The molecule has 0 fully saturated rings. The Morgan fingerprint density at radius 1 is 1.20 bits per heavy atom. The molecule has 1 aliphatic rings. The Bertz CT molecular complexity index is 1190. The van der Waals surface area contributed by atoms with Gasteiger partial charge in [0.2, 0.25) is 17.6 Å². The zero-order chi connectivity index (χ0) is 21.3. The van der Waals surface area contributed by atoms with Gasteiger partial charge >= 0.3 is 0 Å². The Labute approximate surface area is 179 Å². The number of hydrogen-bond acceptors (Lipinski definition) is 6. The fraction of sp³-hybridized carbons (Fsp3) is 0.286. The molecular weight excluding hydrogens is 426 g/mol. The summed E-state index contributed by atoms with van der Waals surface area (Å²) in [7, 11) is -3.28. The maximum Gasteiger partial charge on any atom is 0.227 e. The normalized spacial score (nSPS) is 13.9. The molecule has 2 aromatic carbocycles. The Kier molecular flexibility index (Phi) is 5.62. The van der Waals surface area contributed by atoms with Gasteiger partial charge in [0, 0.05) is 41.9 Å². The lowest BCUT2D eigenvalue weighted by molar-refractivity contribution is -0.118. The van der Waals surface area contributed by atoms with Crippen molar-refractivity contribution in [3.8, 4) is 11.4 Å². The molecule has 1 aromatic heterocycles. The lowest BCUT2D eigenvalue weighted by Gasteiger charge is -2.29. The second-order valence-electron chi connectivity index (χ2n) is 7.23. The van der Waals surface area contributed by atoms with Crippen LogP contribution in [0.15, 0.2) is 51.9 Å². The van der Waals surface area contributed by atoms with Crippen LogP contribution >= 0.6 is 11.6 Å². The number of benzene rings is 2. The first kappa shape index (κ1) is 20.6. The topological polar surface area (TPSA) is 93.4 Å². The molecule has 156 valence electrons. The molecule has 2 heterocycles. The third kappa shape index (κ3) is 4.39. The molecule has 0 atom stereocenters. The summed E-state index contributed by atoms with van der Waals surface area (Å²) in [6.07, 6.45) is 3.26. The predicted molar refractivity (Wildman–Crippen MR) is 113 cm³/mol. The van der Waals surface area contributed by atoms with Gasteiger partial charge in [0.15, 0.2) is 9.84 Å². The highest BCUT2D eigenvalue weighted by atomic mass is 35.5. The maximum atomic E-state index is 12.8. The SMILES string of the molecule is CS(=O)(=O)c1ccc2c(c1)CCCN2C(=O)CCc1nc(-c2ccc(Cl)cc2)no1. The average Bonchev–Trinajstić information content (AvgIpc) is 3.20. The minimum Gasteiger partial charge on any atom is -0.339 e. The Morgan fingerprint density at radius 2 is 1.97 bits per heavy atom. The first-order chi connectivity index (χ1) is 14.3. The monoisotopic (exact) mass is 445 g/mol. The van der Waals surface area contributed by atoms with Crippen LogP contribution in [0, 0.1) is 0 Å². The molecule has 0 aliphatic carbocycles. The highest BCUT2D eigenvalue weighted by Gasteiger charge is 2.24. The summed E-state index contributed by atoms with van der Waals surface area (Å²) in [5, 5.41) is 4.59. The number of fused-ring (bicyclic) bond motifs is 1. The summed E-state index contributed by atoms with van der Waals surface area (Å²) in [6, 6.07) is 12.0. The predicted octanol–water partition coefficient (Wildman–Crippen LogP) is 3.71. The third-order valence-corrected chi connectivity index (χ3v) is 6.38. The standard InChI is InChI=1S/C21H20ClN3O4S/c1-30(27,28)17-8-9-18-15(13-17)3-2-12-25(18)20(26)11-10-19-23-21(24-29-19)14-4-6-16(22)7-5-14/h4-9,13H,2-3,10-12H2,1H3. The van der Waals surface area contributed by atoms with Gasteiger partial charge in [-0.3, -0.25) is 4.79 Å². The van der Waals surface area contributed by atoms with Crippen LogP contribution in [0.25, 0.3) is 11.4 Å². The largest absolute Gasteiger partial charge is 0.339 e. The van der Waals surface area contributed by atoms with E-state index >= 15 is 0 Å². The van der Waals surface area contributed by atoms with Crippen LogP contribution in [0.1, 0.15) is 24.3 Å². The van der Waals surface area contributed by atoms with Crippen LogP contribution in [-0.2, 0) is 27.5 Å². The van der Waals surface area contributed by atoms with Gasteiger partial charge in [-0.2, -0.15) is 4.98 Å². The Morgan fingerprint density at radius 3 is 2.70 bits per heavy atom. The van der Waals surface area contributed by atoms with Gasteiger partial charge in [0.1, 0.15) is 0 Å². The smallest absolute Gasteiger partial charge is 0.227 e. The number of rotatable bonds is 5. The lowest BCUT2D eigenvalue weighted by Crippen LogP contribution is -2.35. The van der Waals surface area contributed by atoms with Crippen molar-refractivity contribution in [1.29, 1.82) is 0 Å². The number of carbonyl (C=O) groups excluding carboxylic acids is 1. The highest BCUT2D eigenvalue weighted by molar-refractivity contribution is 7.90. The van der Waals surface area contributed by atoms with E-state index in [1.807, 2.05) is 0 Å². The molecule has 0 saturated heterocycles. The van der Waals surface area contributed by atoms with E-state index in [2.05, 4.69) is 10.1 Å². The molecule has 0 spiro atoms. The van der Waals surface area contributed by atoms with Crippen LogP contribution in [0.3, 0.4) is 0 Å². The number of aryl methyl sites for hydroxylation is 2. The Balaban J connectivity index is 1.45. The van der Waals surface area contributed by atoms with Crippen LogP contribution in [0.5, 0.6) is 0 Å². The molecule has 0 unspecified atom stereocenters. The number of halogens is 1. The summed E-state index contributed by atoms with van der Waals surface area (Å²) in [5.41, 5.74) is 2.43. The summed E-state index contributed by atoms with van der Waals surface area (Å²) >= 11 is 5.89. The first-order valence-corrected chi connectivity index (χ1v) is 11.8. The van der Waals surface area contributed by atoms with Crippen molar-refractivity contribution in [3.63, 3.8) is 0 Å². The molecule has 1 amide bonds. The van der Waals surface area contributed by atoms with Crippen LogP contribution < -0.4 is 4.90 Å². The fourth-order valence-electron chi connectivity index (χ4n) is 3.48. The zero-order valence-corrected chi connectivity index (χ0v) is 17.9. The van der Waals surface area contributed by atoms with Crippen molar-refractivity contribution >= 4 is 33.0 Å². The van der Waals surface area contributed by atoms with Crippen molar-refractivity contribution in [2.75, 3.05) is 17.7 Å². The minimum atomic E-state index is -3.28. The van der Waals surface area contributed by atoms with Crippen LogP contribution in [0.4, 0.5) is 5.69 Å². The van der Waals surface area contributed by atoms with Gasteiger partial charge in [-0.05, 0) is 60.9 Å². The highest BCUT2D eigenvalue weighted by Crippen LogP contribution is 2.30. The summed E-state index contributed by atoms with van der Waals surface area (Å²) in [5.74, 6) is 0.776. The zero-order valence-electron chi connectivity index (χ0n) is 16.3. The molecule has 9 heteroatoms. The van der Waals surface area contributed by atoms with Gasteiger partial charge in [-0.15, -0.1) is 0 Å². The lowest BCUT2D eigenvalue weighted by atomic mass is 10.0. The summed E-state index contributed by atoms with van der Waals surface area (Å²) in [4.78, 5) is 19.2. The van der Waals surface area contributed by atoms with Crippen molar-refractivity contribution in [2.24, 2.45) is 0 Å². The summed E-state index contributed by atoms with van der Waals surface area (Å²) < 4.78 is 28.9. The number of aromatic nitrogens is 2. The van der Waals surface area contributed by atoms with Crippen molar-refractivity contribution < 1.29 is 17.7 Å². The molecule has 0 N–H and O–H groups in total. The second kappa shape index (κ2) is 8.20. The van der Waals surface area contributed by atoms with E-state index in [1.165, 1.54) is 6.26 Å². The first-order valence-electron chi connectivity index (χ1n) is 9.53. The number of carbonyl (C=O) groups is 1. The van der Waals surface area contributed by atoms with E-state index in [9.17, 15) is 13.2 Å². The molecule has 0 saturated carbocycles. The second-order valence-corrected chi connectivity index (χ2v) is 9.68. The van der Waals surface area contributed by atoms with E-state index in [0.717, 1.165) is 29.7 Å². The number of nitrogens with zero attached hydrogens (tertiary/aromatic N) is 3. The molecular formula is C21H20ClN3O4S. The summed E-state index contributed by atoms with van der Waals surface area (Å²) in [6.45, 7) is 0.601. The van der Waals surface area contributed by atoms with Gasteiger partial charge in [0.05, 0.1) is 4.90 Å². The van der Waals surface area contributed by atoms with Crippen molar-refractivity contribution in [3.05, 3.63) is 58.9 Å². The number of amides is 1. The van der Waals surface area contributed by atoms with Crippen LogP contribution in [-0.4, -0.2) is 37.3 Å². The van der Waals surface area contributed by atoms with E-state index in [0.29, 0.717) is 29.7 Å². The quantitative estimate of drug-likeness (QED) is 0.594. The Hall–Kier alpha value is -2.71. The number of hydrogen-bond donors (Lipinski definition) is 0. The number of sulfone groups is 1. The third-order valence-electron chi connectivity index (χ3n) is 5.02. The molecule has 1 aliphatic heterocycles. The van der Waals surface area contributed by atoms with Gasteiger partial charge in [-0.25, -0.2) is 8.42 Å². The van der Waals surface area contributed by atoms with E-state index in [1.54, 1.807) is 47.4 Å². The van der Waals surface area contributed by atoms with E-state index in [4.69, 9.17) is 16.1 Å². The van der Waals surface area contributed by atoms with Gasteiger partial charge < -0.3 is 9.42 Å². The number of anilines is 1. The maximum absolute atomic E-state index is 12.8. The molecule has 0 bridgehead atoms. The minimum absolute atomic E-state index is 0.0608. The van der Waals surface area contributed by atoms with Crippen molar-refractivity contribution in [2.45, 2.75) is 30.6 Å². The van der Waals surface area contributed by atoms with Crippen molar-refractivity contribution in [1.82, 2.24) is 10.1 Å². The van der Waals surface area contributed by atoms with Crippen LogP contribution in [0.2, 0.25) is 5.02 Å². The molecule has 7 nitrogen and oxygen atoms in total. The average molecular weight is 446 g/mol. The molecule has 30 heavy (non-hydrogen) atoms. The van der Waals surface area contributed by atoms with Gasteiger partial charge in [0.25, 0.3) is 0 Å².